The molecule has 0 bridgehead atoms. The lowest BCUT2D eigenvalue weighted by Crippen LogP contribution is -2.47. The van der Waals surface area contributed by atoms with Crippen molar-refractivity contribution in [1.82, 2.24) is 20.6 Å². The molecule has 4 aromatic rings. The maximum absolute atomic E-state index is 13.3. The molecular weight excluding hydrogens is 694 g/mol. The van der Waals surface area contributed by atoms with Crippen molar-refractivity contribution in [2.75, 3.05) is 25.6 Å². The second kappa shape index (κ2) is 14.2. The number of hydrogen-bond acceptors (Lipinski definition) is 10. The number of halogens is 1. The molecule has 0 saturated carbocycles. The van der Waals surface area contributed by atoms with Crippen LogP contribution in [0.15, 0.2) is 68.3 Å². The van der Waals surface area contributed by atoms with Gasteiger partial charge in [-0.2, -0.15) is 0 Å². The Morgan fingerprint density at radius 1 is 1.06 bits per heavy atom. The number of ether oxygens (including phenoxy) is 2. The topological polar surface area (TPSA) is 149 Å². The molecule has 0 fully saturated rings. The minimum atomic E-state index is -0.689. The maximum Gasteiger partial charge on any atom is 0.407 e. The summed E-state index contributed by atoms with van der Waals surface area (Å²) in [5.41, 5.74) is 2.87. The van der Waals surface area contributed by atoms with Crippen molar-refractivity contribution < 1.29 is 32.7 Å². The van der Waals surface area contributed by atoms with Crippen LogP contribution in [0.2, 0.25) is 0 Å². The number of esters is 1. The van der Waals surface area contributed by atoms with Crippen molar-refractivity contribution in [1.29, 1.82) is 0 Å². The van der Waals surface area contributed by atoms with Gasteiger partial charge < -0.3 is 33.8 Å². The molecule has 1 aliphatic heterocycles. The number of alkyl carbamates (subject to hydrolysis) is 1. The fourth-order valence-electron chi connectivity index (χ4n) is 5.79. The van der Waals surface area contributed by atoms with Crippen molar-refractivity contribution in [2.24, 2.45) is 5.41 Å². The van der Waals surface area contributed by atoms with Gasteiger partial charge in [0, 0.05) is 25.3 Å². The summed E-state index contributed by atoms with van der Waals surface area (Å²) in [5, 5.41) is 6.60. The fraction of sp³-hybridized carbons (Fsp3) is 0.417. The highest BCUT2D eigenvalue weighted by Crippen LogP contribution is 2.41. The number of oxazole rings is 2. The summed E-state index contributed by atoms with van der Waals surface area (Å²) >= 11 is 3.42. The minimum absolute atomic E-state index is 0.00756. The van der Waals surface area contributed by atoms with Crippen LogP contribution >= 0.6 is 15.9 Å². The molecular formula is C36H42BrN5O7. The van der Waals surface area contributed by atoms with E-state index < -0.39 is 41.1 Å². The van der Waals surface area contributed by atoms with Gasteiger partial charge in [-0.1, -0.05) is 63.2 Å². The smallest absolute Gasteiger partial charge is 0.407 e. The van der Waals surface area contributed by atoms with Crippen molar-refractivity contribution in [3.8, 4) is 11.6 Å². The van der Waals surface area contributed by atoms with Crippen molar-refractivity contribution in [3.05, 3.63) is 87.7 Å². The van der Waals surface area contributed by atoms with Crippen LogP contribution in [0.3, 0.4) is 0 Å². The van der Waals surface area contributed by atoms with Gasteiger partial charge in [-0.3, -0.25) is 4.79 Å². The summed E-state index contributed by atoms with van der Waals surface area (Å²) in [4.78, 5) is 48.9. The largest absolute Gasteiger partial charge is 0.464 e. The van der Waals surface area contributed by atoms with Gasteiger partial charge >= 0.3 is 12.1 Å². The van der Waals surface area contributed by atoms with Crippen molar-refractivity contribution in [3.63, 3.8) is 0 Å². The highest BCUT2D eigenvalue weighted by molar-refractivity contribution is 9.10. The van der Waals surface area contributed by atoms with E-state index >= 15 is 0 Å². The fourth-order valence-corrected chi connectivity index (χ4v) is 6.22. The molecule has 2 N–H and O–H groups in total. The molecule has 49 heavy (non-hydrogen) atoms. The van der Waals surface area contributed by atoms with Crippen LogP contribution in [0.25, 0.3) is 11.6 Å². The molecule has 1 unspecified atom stereocenters. The first kappa shape index (κ1) is 35.8. The number of aromatic nitrogens is 2. The number of methoxy groups -OCH3 is 1. The predicted octanol–water partition coefficient (Wildman–Crippen LogP) is 6.80. The van der Waals surface area contributed by atoms with E-state index in [0.29, 0.717) is 18.9 Å². The first-order chi connectivity index (χ1) is 23.1. The SMILES string of the molecule is COC(=O)c1coc(-c2nc([C@@H](NC[C@H](Cc3ccc4c(c3)C(c3ccccc3)C(=O)N4C)NC(=O)OC(C)(C)C)C(C)(C)C)oc2Br)n1. The number of benzene rings is 2. The summed E-state index contributed by atoms with van der Waals surface area (Å²) in [7, 11) is 3.05. The number of anilines is 1. The van der Waals surface area contributed by atoms with Gasteiger partial charge in [-0.25, -0.2) is 19.6 Å². The van der Waals surface area contributed by atoms with Crippen LogP contribution in [-0.4, -0.2) is 60.3 Å². The van der Waals surface area contributed by atoms with E-state index in [4.69, 9.17) is 18.3 Å². The number of rotatable bonds is 10. The van der Waals surface area contributed by atoms with Crippen LogP contribution < -0.4 is 15.5 Å². The minimum Gasteiger partial charge on any atom is -0.464 e. The molecule has 2 aromatic carbocycles. The summed E-state index contributed by atoms with van der Waals surface area (Å²) < 4.78 is 22.2. The van der Waals surface area contributed by atoms with E-state index in [2.05, 4.69) is 42.6 Å². The third-order valence-electron chi connectivity index (χ3n) is 8.06. The van der Waals surface area contributed by atoms with E-state index in [1.54, 1.807) is 11.9 Å². The third-order valence-corrected chi connectivity index (χ3v) is 8.60. The number of likely N-dealkylation sites (N-methyl/N-ethyl adjacent to an activating group) is 1. The average Bonchev–Trinajstić information content (AvgIpc) is 3.72. The van der Waals surface area contributed by atoms with Gasteiger partial charge in [0.2, 0.25) is 16.5 Å². The molecule has 1 aliphatic rings. The summed E-state index contributed by atoms with van der Waals surface area (Å²) in [5.74, 6) is -0.585. The molecule has 2 aromatic heterocycles. The van der Waals surface area contributed by atoms with Crippen LogP contribution in [0.5, 0.6) is 0 Å². The number of nitrogens with one attached hydrogen (secondary N) is 2. The molecule has 2 amide bonds. The molecule has 5 rings (SSSR count). The Morgan fingerprint density at radius 2 is 1.78 bits per heavy atom. The van der Waals surface area contributed by atoms with Gasteiger partial charge in [0.1, 0.15) is 11.9 Å². The molecule has 0 radical (unpaired) electrons. The van der Waals surface area contributed by atoms with Crippen LogP contribution in [-0.2, 0) is 20.7 Å². The van der Waals surface area contributed by atoms with Gasteiger partial charge in [-0.15, -0.1) is 0 Å². The molecule has 260 valence electrons. The summed E-state index contributed by atoms with van der Waals surface area (Å²) in [6.45, 7) is 11.9. The number of nitrogens with zero attached hydrogens (tertiary/aromatic N) is 3. The quantitative estimate of drug-likeness (QED) is 0.167. The lowest BCUT2D eigenvalue weighted by molar-refractivity contribution is -0.118. The Bertz CT molecular complexity index is 1820. The zero-order valence-corrected chi connectivity index (χ0v) is 30.5. The monoisotopic (exact) mass is 735 g/mol. The number of carbonyl (C=O) groups is 3. The first-order valence-corrected chi connectivity index (χ1v) is 16.7. The molecule has 3 heterocycles. The zero-order valence-electron chi connectivity index (χ0n) is 28.9. The molecule has 3 atom stereocenters. The lowest BCUT2D eigenvalue weighted by atomic mass is 9.86. The van der Waals surface area contributed by atoms with Crippen LogP contribution in [0.4, 0.5) is 10.5 Å². The molecule has 0 saturated heterocycles. The predicted molar refractivity (Wildman–Crippen MR) is 186 cm³/mol. The molecule has 0 aliphatic carbocycles. The van der Waals surface area contributed by atoms with E-state index in [-0.39, 0.29) is 27.9 Å². The number of amides is 2. The second-order valence-electron chi connectivity index (χ2n) is 14.1. The van der Waals surface area contributed by atoms with Gasteiger partial charge in [-0.05, 0) is 71.3 Å². The Morgan fingerprint density at radius 3 is 2.43 bits per heavy atom. The normalized spacial score (nSPS) is 15.9. The Balaban J connectivity index is 1.41. The van der Waals surface area contributed by atoms with E-state index in [9.17, 15) is 14.4 Å². The molecule has 13 heteroatoms. The zero-order chi connectivity index (χ0) is 35.7. The second-order valence-corrected chi connectivity index (χ2v) is 14.8. The standard InChI is InChI=1S/C36H42BrN5O7/c1-35(2,3)28(31-41-27(29(37)48-31)30-40-24(19-47-30)33(44)46-8)38-18-22(39-34(45)49-36(4,5)6)16-20-14-15-25-23(17-20)26(32(43)42(25)7)21-12-10-9-11-13-21/h9-15,17,19,22,26,28,38H,16,18H2,1-8H3,(H,39,45)/t22-,26?,28+/m0/s1. The Hall–Kier alpha value is -4.49. The lowest BCUT2D eigenvalue weighted by Gasteiger charge is -2.31. The maximum atomic E-state index is 13.3. The third kappa shape index (κ3) is 8.22. The highest BCUT2D eigenvalue weighted by Gasteiger charge is 2.37. The van der Waals surface area contributed by atoms with Crippen LogP contribution in [0.1, 0.15) is 86.6 Å². The number of carbonyl (C=O) groups excluding carboxylic acids is 3. The van der Waals surface area contributed by atoms with Crippen molar-refractivity contribution in [2.45, 2.75) is 71.6 Å². The summed E-state index contributed by atoms with van der Waals surface area (Å²) in [6, 6.07) is 14.9. The van der Waals surface area contributed by atoms with E-state index in [0.717, 1.165) is 22.4 Å². The Kier molecular flexibility index (Phi) is 10.3. The van der Waals surface area contributed by atoms with Crippen molar-refractivity contribution >= 4 is 39.6 Å². The first-order valence-electron chi connectivity index (χ1n) is 15.9. The van der Waals surface area contributed by atoms with E-state index in [1.165, 1.54) is 13.4 Å². The molecule has 0 spiro atoms. The van der Waals surface area contributed by atoms with Gasteiger partial charge in [0.25, 0.3) is 5.89 Å². The molecule has 12 nitrogen and oxygen atoms in total. The highest BCUT2D eigenvalue weighted by atomic mass is 79.9. The number of fused-ring (bicyclic) bond motifs is 1. The van der Waals surface area contributed by atoms with E-state index in [1.807, 2.05) is 84.0 Å². The van der Waals surface area contributed by atoms with Gasteiger partial charge in [0.05, 0.1) is 19.1 Å². The summed E-state index contributed by atoms with van der Waals surface area (Å²) in [6.07, 6.45) is 1.10. The van der Waals surface area contributed by atoms with Gasteiger partial charge in [0.15, 0.2) is 11.4 Å². The Labute approximate surface area is 294 Å². The number of hydrogen-bond donors (Lipinski definition) is 2. The average molecular weight is 737 g/mol. The van der Waals surface area contributed by atoms with Crippen LogP contribution in [0, 0.1) is 5.41 Å².